The maximum atomic E-state index is 5.74. The number of piperazine rings is 1. The van der Waals surface area contributed by atoms with E-state index in [0.717, 1.165) is 56.5 Å². The van der Waals surface area contributed by atoms with Gasteiger partial charge in [0.15, 0.2) is 0 Å². The summed E-state index contributed by atoms with van der Waals surface area (Å²) < 4.78 is 5.74. The second-order valence-electron chi connectivity index (χ2n) is 6.95. The largest absolute Gasteiger partial charge is 0.493 e. The number of rotatable bonds is 5. The third-order valence-electron chi connectivity index (χ3n) is 5.42. The Balaban J connectivity index is 1.37. The first-order valence-corrected chi connectivity index (χ1v) is 10.6. The van der Waals surface area contributed by atoms with Crippen molar-refractivity contribution in [3.05, 3.63) is 47.7 Å². The zero-order chi connectivity index (χ0) is 17.9. The summed E-state index contributed by atoms with van der Waals surface area (Å²) in [4.78, 5) is 10.9. The molecule has 1 atom stereocenters. The van der Waals surface area contributed by atoms with Crippen molar-refractivity contribution in [3.63, 3.8) is 0 Å². The van der Waals surface area contributed by atoms with Crippen LogP contribution in [0.3, 0.4) is 0 Å². The van der Waals surface area contributed by atoms with Crippen LogP contribution in [0.1, 0.15) is 31.0 Å². The fraction of sp³-hybridized carbons (Fsp3) is 0.476. The number of benzene rings is 1. The van der Waals surface area contributed by atoms with Gasteiger partial charge >= 0.3 is 0 Å². The zero-order valence-corrected chi connectivity index (χ0v) is 16.5. The molecule has 3 heterocycles. The van der Waals surface area contributed by atoms with E-state index in [9.17, 15) is 0 Å². The maximum Gasteiger partial charge on any atom is 0.128 e. The maximum absolute atomic E-state index is 5.74. The minimum atomic E-state index is 0.419. The molecule has 2 aliphatic heterocycles. The minimum Gasteiger partial charge on any atom is -0.493 e. The molecule has 4 rings (SSSR count). The van der Waals surface area contributed by atoms with E-state index in [-0.39, 0.29) is 0 Å². The number of hydrogen-bond donors (Lipinski definition) is 0. The highest BCUT2D eigenvalue weighted by Crippen LogP contribution is 2.31. The standard InChI is InChI=1S/C21H27N3OS/c1-3-26-19-6-7-21(22-15-19)24-11-9-23(10-12-24)16(2)18-5-4-17-8-13-25-20(17)14-18/h4-7,14-16H,3,8-13H2,1-2H3. The third kappa shape index (κ3) is 3.69. The molecule has 4 nitrogen and oxygen atoms in total. The van der Waals surface area contributed by atoms with E-state index in [0.29, 0.717) is 6.04 Å². The molecule has 1 fully saturated rings. The molecule has 0 amide bonds. The molecule has 1 saturated heterocycles. The summed E-state index contributed by atoms with van der Waals surface area (Å²) in [5.41, 5.74) is 2.71. The first kappa shape index (κ1) is 17.7. The SMILES string of the molecule is CCSc1ccc(N2CCN(C(C)c3ccc4c(c3)OCC4)CC2)nc1. The predicted octanol–water partition coefficient (Wildman–Crippen LogP) is 4.01. The fourth-order valence-electron chi connectivity index (χ4n) is 3.80. The van der Waals surface area contributed by atoms with Gasteiger partial charge in [0, 0.05) is 49.7 Å². The predicted molar refractivity (Wildman–Crippen MR) is 108 cm³/mol. The molecule has 26 heavy (non-hydrogen) atoms. The van der Waals surface area contributed by atoms with E-state index in [1.165, 1.54) is 16.0 Å². The molecular formula is C21H27N3OS. The Hall–Kier alpha value is -1.72. The summed E-state index contributed by atoms with van der Waals surface area (Å²) in [6.45, 7) is 9.48. The molecule has 0 aliphatic carbocycles. The molecule has 0 N–H and O–H groups in total. The molecule has 1 unspecified atom stereocenters. The van der Waals surface area contributed by atoms with Gasteiger partial charge in [-0.25, -0.2) is 4.98 Å². The number of anilines is 1. The van der Waals surface area contributed by atoms with Crippen LogP contribution in [0.2, 0.25) is 0 Å². The highest BCUT2D eigenvalue weighted by atomic mass is 32.2. The smallest absolute Gasteiger partial charge is 0.128 e. The number of nitrogens with zero attached hydrogens (tertiary/aromatic N) is 3. The Bertz CT molecular complexity index is 741. The van der Waals surface area contributed by atoms with Crippen molar-refractivity contribution in [1.82, 2.24) is 9.88 Å². The van der Waals surface area contributed by atoms with Gasteiger partial charge in [0.1, 0.15) is 11.6 Å². The van der Waals surface area contributed by atoms with Crippen molar-refractivity contribution < 1.29 is 4.74 Å². The second kappa shape index (κ2) is 7.89. The number of aromatic nitrogens is 1. The van der Waals surface area contributed by atoms with Crippen LogP contribution in [-0.4, -0.2) is 48.4 Å². The van der Waals surface area contributed by atoms with Crippen molar-refractivity contribution in [1.29, 1.82) is 0 Å². The Kier molecular flexibility index (Phi) is 5.36. The van der Waals surface area contributed by atoms with Crippen molar-refractivity contribution >= 4 is 17.6 Å². The van der Waals surface area contributed by atoms with Gasteiger partial charge in [-0.15, -0.1) is 11.8 Å². The third-order valence-corrected chi connectivity index (χ3v) is 6.28. The Labute approximate surface area is 160 Å². The van der Waals surface area contributed by atoms with E-state index < -0.39 is 0 Å². The van der Waals surface area contributed by atoms with Crippen LogP contribution >= 0.6 is 11.8 Å². The lowest BCUT2D eigenvalue weighted by atomic mass is 10.0. The van der Waals surface area contributed by atoms with Gasteiger partial charge in [0.25, 0.3) is 0 Å². The zero-order valence-electron chi connectivity index (χ0n) is 15.6. The van der Waals surface area contributed by atoms with E-state index in [1.54, 1.807) is 0 Å². The molecule has 0 radical (unpaired) electrons. The lowest BCUT2D eigenvalue weighted by molar-refractivity contribution is 0.198. The minimum absolute atomic E-state index is 0.419. The number of hydrogen-bond acceptors (Lipinski definition) is 5. The second-order valence-corrected chi connectivity index (χ2v) is 8.29. The summed E-state index contributed by atoms with van der Waals surface area (Å²) in [5.74, 6) is 3.27. The summed E-state index contributed by atoms with van der Waals surface area (Å²) in [6, 6.07) is 11.5. The van der Waals surface area contributed by atoms with Gasteiger partial charge < -0.3 is 9.64 Å². The molecule has 0 bridgehead atoms. The normalized spacial score (nSPS) is 18.5. The number of thioether (sulfide) groups is 1. The topological polar surface area (TPSA) is 28.6 Å². The van der Waals surface area contributed by atoms with Gasteiger partial charge in [0.05, 0.1) is 6.61 Å². The van der Waals surface area contributed by atoms with Gasteiger partial charge in [-0.05, 0) is 42.0 Å². The number of fused-ring (bicyclic) bond motifs is 1. The van der Waals surface area contributed by atoms with Crippen molar-refractivity contribution in [3.8, 4) is 5.75 Å². The van der Waals surface area contributed by atoms with Crippen LogP contribution in [0, 0.1) is 0 Å². The average Bonchev–Trinajstić information content (AvgIpc) is 3.16. The quantitative estimate of drug-likeness (QED) is 0.743. The molecule has 5 heteroatoms. The Morgan fingerprint density at radius 3 is 2.73 bits per heavy atom. The van der Waals surface area contributed by atoms with Crippen LogP contribution in [0.15, 0.2) is 41.4 Å². The monoisotopic (exact) mass is 369 g/mol. The Morgan fingerprint density at radius 1 is 1.15 bits per heavy atom. The van der Waals surface area contributed by atoms with Crippen molar-refractivity contribution in [2.45, 2.75) is 31.2 Å². The Morgan fingerprint density at radius 2 is 2.00 bits per heavy atom. The molecule has 0 saturated carbocycles. The molecule has 0 spiro atoms. The van der Waals surface area contributed by atoms with Crippen LogP contribution in [0.5, 0.6) is 5.75 Å². The summed E-state index contributed by atoms with van der Waals surface area (Å²) in [7, 11) is 0. The lowest BCUT2D eigenvalue weighted by Gasteiger charge is -2.38. The van der Waals surface area contributed by atoms with Gasteiger partial charge in [-0.3, -0.25) is 4.90 Å². The number of ether oxygens (including phenoxy) is 1. The van der Waals surface area contributed by atoms with Crippen LogP contribution in [0.4, 0.5) is 5.82 Å². The van der Waals surface area contributed by atoms with E-state index in [1.807, 2.05) is 18.0 Å². The fourth-order valence-corrected chi connectivity index (χ4v) is 4.43. The number of pyridine rings is 1. The summed E-state index contributed by atoms with van der Waals surface area (Å²) >= 11 is 1.84. The summed E-state index contributed by atoms with van der Waals surface area (Å²) in [6.07, 6.45) is 3.05. The van der Waals surface area contributed by atoms with E-state index in [4.69, 9.17) is 4.74 Å². The highest BCUT2D eigenvalue weighted by molar-refractivity contribution is 7.99. The molecule has 2 aliphatic rings. The molecule has 138 valence electrons. The van der Waals surface area contributed by atoms with Gasteiger partial charge in [0.2, 0.25) is 0 Å². The van der Waals surface area contributed by atoms with Gasteiger partial charge in [-0.1, -0.05) is 19.1 Å². The molecule has 1 aromatic carbocycles. The molecule has 1 aromatic heterocycles. The van der Waals surface area contributed by atoms with Crippen molar-refractivity contribution in [2.24, 2.45) is 0 Å². The van der Waals surface area contributed by atoms with Crippen LogP contribution < -0.4 is 9.64 Å². The van der Waals surface area contributed by atoms with E-state index >= 15 is 0 Å². The van der Waals surface area contributed by atoms with E-state index in [2.05, 4.69) is 59.0 Å². The van der Waals surface area contributed by atoms with Crippen LogP contribution in [0.25, 0.3) is 0 Å². The van der Waals surface area contributed by atoms with Crippen LogP contribution in [-0.2, 0) is 6.42 Å². The molecule has 2 aromatic rings. The van der Waals surface area contributed by atoms with Crippen molar-refractivity contribution in [2.75, 3.05) is 43.4 Å². The lowest BCUT2D eigenvalue weighted by Crippen LogP contribution is -2.47. The first-order valence-electron chi connectivity index (χ1n) is 9.58. The average molecular weight is 370 g/mol. The van der Waals surface area contributed by atoms with Gasteiger partial charge in [-0.2, -0.15) is 0 Å². The first-order chi connectivity index (χ1) is 12.7. The molecular weight excluding hydrogens is 342 g/mol. The summed E-state index contributed by atoms with van der Waals surface area (Å²) in [5, 5.41) is 0. The highest BCUT2D eigenvalue weighted by Gasteiger charge is 2.24.